The number of allylic oxidation sites excluding steroid dienone is 1. The highest BCUT2D eigenvalue weighted by Crippen LogP contribution is 2.34. The van der Waals surface area contributed by atoms with Gasteiger partial charge in [0.25, 0.3) is 5.91 Å². The number of nitrogens with one attached hydrogen (secondary N) is 1. The van der Waals surface area contributed by atoms with Gasteiger partial charge in [-0.05, 0) is 24.5 Å². The second-order valence-electron chi connectivity index (χ2n) is 4.59. The van der Waals surface area contributed by atoms with E-state index in [9.17, 15) is 9.59 Å². The lowest BCUT2D eigenvalue weighted by atomic mass is 10.0. The molecule has 1 N–H and O–H groups in total. The third-order valence-corrected chi connectivity index (χ3v) is 3.23. The average molecular weight is 267 g/mol. The Balaban J connectivity index is 2.45. The maximum absolute atomic E-state index is 12.4. The molecule has 0 atom stereocenters. The Bertz CT molecular complexity index is 644. The van der Waals surface area contributed by atoms with Crippen molar-refractivity contribution in [3.8, 4) is 11.8 Å². The van der Waals surface area contributed by atoms with E-state index in [4.69, 9.17) is 0 Å². The molecule has 1 aliphatic rings. The topological polar surface area (TPSA) is 46.2 Å². The van der Waals surface area contributed by atoms with E-state index in [0.29, 0.717) is 18.5 Å². The van der Waals surface area contributed by atoms with Crippen LogP contribution in [0.5, 0.6) is 0 Å². The van der Waals surface area contributed by atoms with Crippen molar-refractivity contribution >= 4 is 17.3 Å². The van der Waals surface area contributed by atoms with E-state index in [2.05, 4.69) is 17.2 Å². The van der Waals surface area contributed by atoms with Gasteiger partial charge < -0.3 is 5.32 Å². The van der Waals surface area contributed by atoms with Crippen LogP contribution in [0.3, 0.4) is 0 Å². The molecule has 0 radical (unpaired) electrons. The molecule has 0 aliphatic heterocycles. The van der Waals surface area contributed by atoms with Crippen molar-refractivity contribution in [2.75, 3.05) is 6.54 Å². The van der Waals surface area contributed by atoms with Gasteiger partial charge in [0.15, 0.2) is 5.78 Å². The summed E-state index contributed by atoms with van der Waals surface area (Å²) in [6.45, 7) is 4.29. The Morgan fingerprint density at radius 3 is 2.60 bits per heavy atom. The van der Waals surface area contributed by atoms with Gasteiger partial charge in [-0.15, -0.1) is 5.92 Å². The molecule has 0 fully saturated rings. The molecule has 0 heterocycles. The van der Waals surface area contributed by atoms with Crippen molar-refractivity contribution in [3.63, 3.8) is 0 Å². The fourth-order valence-corrected chi connectivity index (χ4v) is 2.28. The number of benzene rings is 1. The van der Waals surface area contributed by atoms with Gasteiger partial charge in [-0.25, -0.2) is 0 Å². The van der Waals surface area contributed by atoms with Crippen LogP contribution in [0.2, 0.25) is 0 Å². The van der Waals surface area contributed by atoms with Gasteiger partial charge in [-0.1, -0.05) is 37.1 Å². The monoisotopic (exact) mass is 267 g/mol. The number of ketones is 1. The summed E-state index contributed by atoms with van der Waals surface area (Å²) in [4.78, 5) is 24.6. The fraction of sp³-hybridized carbons (Fsp3) is 0.294. The van der Waals surface area contributed by atoms with Crippen LogP contribution in [-0.2, 0) is 4.79 Å². The maximum atomic E-state index is 12.4. The van der Waals surface area contributed by atoms with E-state index < -0.39 is 0 Å². The smallest absolute Gasteiger partial charge is 0.255 e. The third kappa shape index (κ3) is 2.50. The first-order valence-corrected chi connectivity index (χ1v) is 6.75. The Morgan fingerprint density at radius 1 is 1.25 bits per heavy atom. The molecule has 1 amide bonds. The largest absolute Gasteiger partial charge is 0.352 e. The minimum absolute atomic E-state index is 0.192. The van der Waals surface area contributed by atoms with Crippen LogP contribution in [0.25, 0.3) is 5.57 Å². The first-order valence-electron chi connectivity index (χ1n) is 6.75. The standard InChI is InChI=1S/C17H17NO2/c1-3-5-8-13-12-9-6-7-10-14(12)16(19)15(13)17(20)18-11-4-2/h6-7,9-10H,4,8,11H2,1-2H3,(H,18,20). The average Bonchev–Trinajstić information content (AvgIpc) is 2.76. The number of Topliss-reactive ketones (excluding diaryl/α,β-unsaturated/α-hetero) is 1. The Kier molecular flexibility index (Phi) is 4.37. The molecule has 1 aliphatic carbocycles. The molecule has 102 valence electrons. The molecular weight excluding hydrogens is 250 g/mol. The fourth-order valence-electron chi connectivity index (χ4n) is 2.28. The summed E-state index contributed by atoms with van der Waals surface area (Å²) < 4.78 is 0. The van der Waals surface area contributed by atoms with Gasteiger partial charge in [0.2, 0.25) is 0 Å². The molecule has 0 saturated heterocycles. The summed E-state index contributed by atoms with van der Waals surface area (Å²) in [5.41, 5.74) is 2.43. The van der Waals surface area contributed by atoms with Crippen LogP contribution in [0.4, 0.5) is 0 Å². The molecule has 0 unspecified atom stereocenters. The van der Waals surface area contributed by atoms with Crippen LogP contribution in [-0.4, -0.2) is 18.2 Å². The van der Waals surface area contributed by atoms with Crippen molar-refractivity contribution in [1.29, 1.82) is 0 Å². The zero-order chi connectivity index (χ0) is 14.5. The number of carbonyl (C=O) groups is 2. The summed E-state index contributed by atoms with van der Waals surface area (Å²) in [5.74, 6) is 5.28. The third-order valence-electron chi connectivity index (χ3n) is 3.23. The molecule has 1 aromatic carbocycles. The second-order valence-corrected chi connectivity index (χ2v) is 4.59. The van der Waals surface area contributed by atoms with Crippen LogP contribution in [0, 0.1) is 11.8 Å². The lowest BCUT2D eigenvalue weighted by Gasteiger charge is -2.05. The molecule has 20 heavy (non-hydrogen) atoms. The minimum atomic E-state index is -0.291. The molecule has 0 bridgehead atoms. The molecule has 3 heteroatoms. The first-order chi connectivity index (χ1) is 9.70. The normalized spacial score (nSPS) is 12.8. The van der Waals surface area contributed by atoms with Gasteiger partial charge in [-0.3, -0.25) is 9.59 Å². The molecule has 0 aromatic heterocycles. The molecule has 2 rings (SSSR count). The summed E-state index contributed by atoms with van der Waals surface area (Å²) in [6, 6.07) is 7.32. The van der Waals surface area contributed by atoms with Gasteiger partial charge in [0.05, 0.1) is 5.57 Å². The van der Waals surface area contributed by atoms with Crippen LogP contribution >= 0.6 is 0 Å². The highest BCUT2D eigenvalue weighted by molar-refractivity contribution is 6.34. The molecule has 0 spiro atoms. The van der Waals surface area contributed by atoms with Gasteiger partial charge in [0.1, 0.15) is 0 Å². The SMILES string of the molecule is CC#CCC1=C(C(=O)NCCC)C(=O)c2ccccc21. The second kappa shape index (κ2) is 6.21. The summed E-state index contributed by atoms with van der Waals surface area (Å²) >= 11 is 0. The highest BCUT2D eigenvalue weighted by Gasteiger charge is 2.32. The number of carbonyl (C=O) groups excluding carboxylic acids is 2. The summed E-state index contributed by atoms with van der Waals surface area (Å²) in [6.07, 6.45) is 1.26. The minimum Gasteiger partial charge on any atom is -0.352 e. The van der Waals surface area contributed by atoms with Crippen LogP contribution < -0.4 is 5.32 Å². The zero-order valence-electron chi connectivity index (χ0n) is 11.7. The summed E-state index contributed by atoms with van der Waals surface area (Å²) in [5, 5.41) is 2.78. The van der Waals surface area contributed by atoms with Gasteiger partial charge in [0, 0.05) is 18.5 Å². The zero-order valence-corrected chi connectivity index (χ0v) is 11.7. The van der Waals surface area contributed by atoms with Crippen LogP contribution in [0.1, 0.15) is 42.6 Å². The van der Waals surface area contributed by atoms with Crippen molar-refractivity contribution in [2.45, 2.75) is 26.7 Å². The molecule has 1 aromatic rings. The highest BCUT2D eigenvalue weighted by atomic mass is 16.2. The molecule has 3 nitrogen and oxygen atoms in total. The van der Waals surface area contributed by atoms with E-state index in [1.165, 1.54) is 0 Å². The van der Waals surface area contributed by atoms with Crippen molar-refractivity contribution in [3.05, 3.63) is 41.0 Å². The number of amides is 1. The van der Waals surface area contributed by atoms with E-state index in [1.807, 2.05) is 25.1 Å². The lowest BCUT2D eigenvalue weighted by Crippen LogP contribution is -2.28. The van der Waals surface area contributed by atoms with Gasteiger partial charge in [-0.2, -0.15) is 0 Å². The first kappa shape index (κ1) is 14.1. The van der Waals surface area contributed by atoms with Crippen molar-refractivity contribution < 1.29 is 9.59 Å². The Hall–Kier alpha value is -2.34. The predicted molar refractivity (Wildman–Crippen MR) is 79.1 cm³/mol. The number of rotatable bonds is 4. The quantitative estimate of drug-likeness (QED) is 0.673. The summed E-state index contributed by atoms with van der Waals surface area (Å²) in [7, 11) is 0. The van der Waals surface area contributed by atoms with E-state index in [1.54, 1.807) is 13.0 Å². The van der Waals surface area contributed by atoms with E-state index in [0.717, 1.165) is 17.6 Å². The number of hydrogen-bond acceptors (Lipinski definition) is 2. The van der Waals surface area contributed by atoms with Crippen molar-refractivity contribution in [1.82, 2.24) is 5.32 Å². The number of hydrogen-bond donors (Lipinski definition) is 1. The van der Waals surface area contributed by atoms with Crippen LogP contribution in [0.15, 0.2) is 29.8 Å². The van der Waals surface area contributed by atoms with E-state index >= 15 is 0 Å². The lowest BCUT2D eigenvalue weighted by molar-refractivity contribution is -0.117. The van der Waals surface area contributed by atoms with Crippen molar-refractivity contribution in [2.24, 2.45) is 0 Å². The number of fused-ring (bicyclic) bond motifs is 1. The van der Waals surface area contributed by atoms with Gasteiger partial charge >= 0.3 is 0 Å². The molecule has 0 saturated carbocycles. The van der Waals surface area contributed by atoms with E-state index in [-0.39, 0.29) is 17.3 Å². The molecular formula is C17H17NO2. The predicted octanol–water partition coefficient (Wildman–Crippen LogP) is 2.58. The Morgan fingerprint density at radius 2 is 1.95 bits per heavy atom. The Labute approximate surface area is 119 Å². The maximum Gasteiger partial charge on any atom is 0.255 e.